The molecular weight excluding hydrogens is 328 g/mol. The first-order valence-electron chi connectivity index (χ1n) is 8.14. The smallest absolute Gasteiger partial charge is 0.343 e. The molecular formula is C22H18O4. The topological polar surface area (TPSA) is 52.6 Å². The summed E-state index contributed by atoms with van der Waals surface area (Å²) in [5.41, 5.74) is 2.91. The molecule has 0 saturated carbocycles. The molecule has 0 amide bonds. The molecule has 0 fully saturated rings. The molecule has 0 aliphatic heterocycles. The fraction of sp³-hybridized carbons (Fsp3) is 0.0909. The van der Waals surface area contributed by atoms with Crippen LogP contribution in [-0.4, -0.2) is 18.9 Å². The minimum atomic E-state index is -0.433. The van der Waals surface area contributed by atoms with Gasteiger partial charge >= 0.3 is 5.97 Å². The van der Waals surface area contributed by atoms with Crippen LogP contribution in [0.15, 0.2) is 72.8 Å². The SMILES string of the molecule is COc1ccc(OC(=O)c2cccc(-c3ccc(C(C)=O)cc3)c2)cc1. The lowest BCUT2D eigenvalue weighted by molar-refractivity contribution is 0.0734. The van der Waals surface area contributed by atoms with E-state index in [9.17, 15) is 9.59 Å². The van der Waals surface area contributed by atoms with Crippen molar-refractivity contribution in [2.24, 2.45) is 0 Å². The largest absolute Gasteiger partial charge is 0.497 e. The Hall–Kier alpha value is -3.40. The van der Waals surface area contributed by atoms with E-state index in [4.69, 9.17) is 9.47 Å². The fourth-order valence-corrected chi connectivity index (χ4v) is 2.53. The van der Waals surface area contributed by atoms with E-state index in [1.54, 1.807) is 61.7 Å². The van der Waals surface area contributed by atoms with Crippen LogP contribution in [0.5, 0.6) is 11.5 Å². The number of methoxy groups -OCH3 is 1. The minimum absolute atomic E-state index is 0.0216. The Kier molecular flexibility index (Phi) is 5.13. The van der Waals surface area contributed by atoms with Crippen LogP contribution >= 0.6 is 0 Å². The molecule has 0 saturated heterocycles. The van der Waals surface area contributed by atoms with Gasteiger partial charge in [0.05, 0.1) is 12.7 Å². The Morgan fingerprint density at radius 3 is 2.00 bits per heavy atom. The summed E-state index contributed by atoms with van der Waals surface area (Å²) in [6, 6.07) is 21.3. The molecule has 0 aliphatic rings. The standard InChI is InChI=1S/C22H18O4/c1-15(23)16-6-8-17(9-7-16)18-4-3-5-19(14-18)22(24)26-21-12-10-20(25-2)11-13-21/h3-14H,1-2H3. The van der Waals surface area contributed by atoms with E-state index in [-0.39, 0.29) is 5.78 Å². The van der Waals surface area contributed by atoms with Crippen molar-refractivity contribution in [1.82, 2.24) is 0 Å². The minimum Gasteiger partial charge on any atom is -0.497 e. The number of hydrogen-bond acceptors (Lipinski definition) is 4. The first-order valence-corrected chi connectivity index (χ1v) is 8.14. The quantitative estimate of drug-likeness (QED) is 0.379. The molecule has 0 N–H and O–H groups in total. The lowest BCUT2D eigenvalue weighted by Crippen LogP contribution is -2.08. The Morgan fingerprint density at radius 1 is 0.731 bits per heavy atom. The van der Waals surface area contributed by atoms with Gasteiger partial charge in [-0.3, -0.25) is 4.79 Å². The number of esters is 1. The Labute approximate surface area is 152 Å². The monoisotopic (exact) mass is 346 g/mol. The van der Waals surface area contributed by atoms with Crippen molar-refractivity contribution in [2.45, 2.75) is 6.92 Å². The van der Waals surface area contributed by atoms with E-state index >= 15 is 0 Å². The van der Waals surface area contributed by atoms with Gasteiger partial charge in [0.15, 0.2) is 5.78 Å². The second-order valence-electron chi connectivity index (χ2n) is 5.78. The predicted octanol–water partition coefficient (Wildman–Crippen LogP) is 4.78. The number of Topliss-reactive ketones (excluding diaryl/α,β-unsaturated/α-hetero) is 1. The van der Waals surface area contributed by atoms with Crippen LogP contribution in [0.2, 0.25) is 0 Å². The van der Waals surface area contributed by atoms with Crippen LogP contribution in [0.25, 0.3) is 11.1 Å². The second kappa shape index (κ2) is 7.66. The van der Waals surface area contributed by atoms with Gasteiger partial charge < -0.3 is 9.47 Å². The molecule has 0 aliphatic carbocycles. The number of ketones is 1. The maximum Gasteiger partial charge on any atom is 0.343 e. The highest BCUT2D eigenvalue weighted by molar-refractivity contribution is 5.95. The van der Waals surface area contributed by atoms with Gasteiger partial charge in [-0.2, -0.15) is 0 Å². The number of hydrogen-bond donors (Lipinski definition) is 0. The highest BCUT2D eigenvalue weighted by Crippen LogP contribution is 2.23. The summed E-state index contributed by atoms with van der Waals surface area (Å²) in [7, 11) is 1.58. The summed E-state index contributed by atoms with van der Waals surface area (Å²) < 4.78 is 10.5. The highest BCUT2D eigenvalue weighted by Gasteiger charge is 2.10. The number of benzene rings is 3. The van der Waals surface area contributed by atoms with Crippen molar-refractivity contribution in [3.05, 3.63) is 83.9 Å². The van der Waals surface area contributed by atoms with Crippen molar-refractivity contribution in [2.75, 3.05) is 7.11 Å². The van der Waals surface area contributed by atoms with Crippen LogP contribution in [0.1, 0.15) is 27.6 Å². The summed E-state index contributed by atoms with van der Waals surface area (Å²) in [5, 5.41) is 0. The van der Waals surface area contributed by atoms with E-state index in [1.807, 2.05) is 18.2 Å². The van der Waals surface area contributed by atoms with Gasteiger partial charge in [-0.1, -0.05) is 36.4 Å². The third-order valence-electron chi connectivity index (χ3n) is 3.99. The molecule has 0 spiro atoms. The summed E-state index contributed by atoms with van der Waals surface area (Å²) in [6.07, 6.45) is 0. The first-order chi connectivity index (χ1) is 12.6. The van der Waals surface area contributed by atoms with E-state index in [0.717, 1.165) is 11.1 Å². The molecule has 0 aromatic heterocycles. The number of ether oxygens (including phenoxy) is 2. The molecule has 3 aromatic carbocycles. The van der Waals surface area contributed by atoms with Gasteiger partial charge in [-0.15, -0.1) is 0 Å². The van der Waals surface area contributed by atoms with Gasteiger partial charge in [0.1, 0.15) is 11.5 Å². The third-order valence-corrected chi connectivity index (χ3v) is 3.99. The molecule has 3 rings (SSSR count). The zero-order valence-electron chi connectivity index (χ0n) is 14.6. The van der Waals surface area contributed by atoms with Crippen molar-refractivity contribution in [3.63, 3.8) is 0 Å². The predicted molar refractivity (Wildman–Crippen MR) is 99.8 cm³/mol. The molecule has 4 nitrogen and oxygen atoms in total. The van der Waals surface area contributed by atoms with Crippen molar-refractivity contribution in [3.8, 4) is 22.6 Å². The number of carbonyl (C=O) groups excluding carboxylic acids is 2. The van der Waals surface area contributed by atoms with Gasteiger partial charge in [-0.05, 0) is 54.4 Å². The maximum absolute atomic E-state index is 12.4. The molecule has 4 heteroatoms. The summed E-state index contributed by atoms with van der Waals surface area (Å²) >= 11 is 0. The summed E-state index contributed by atoms with van der Waals surface area (Å²) in [5.74, 6) is 0.735. The Bertz CT molecular complexity index is 925. The lowest BCUT2D eigenvalue weighted by Gasteiger charge is -2.08. The highest BCUT2D eigenvalue weighted by atomic mass is 16.5. The average Bonchev–Trinajstić information content (AvgIpc) is 2.68. The zero-order chi connectivity index (χ0) is 18.5. The Morgan fingerprint density at radius 2 is 1.38 bits per heavy atom. The van der Waals surface area contributed by atoms with Crippen molar-refractivity contribution >= 4 is 11.8 Å². The third kappa shape index (κ3) is 3.98. The van der Waals surface area contributed by atoms with E-state index in [2.05, 4.69) is 0 Å². The molecule has 130 valence electrons. The first kappa shape index (κ1) is 17.4. The fourth-order valence-electron chi connectivity index (χ4n) is 2.53. The van der Waals surface area contributed by atoms with Crippen molar-refractivity contribution < 1.29 is 19.1 Å². The van der Waals surface area contributed by atoms with Gasteiger partial charge in [-0.25, -0.2) is 4.79 Å². The molecule has 0 unspecified atom stereocenters. The zero-order valence-corrected chi connectivity index (χ0v) is 14.6. The van der Waals surface area contributed by atoms with Gasteiger partial charge in [0.25, 0.3) is 0 Å². The van der Waals surface area contributed by atoms with E-state index < -0.39 is 5.97 Å². The Balaban J connectivity index is 1.79. The lowest BCUT2D eigenvalue weighted by atomic mass is 10.0. The van der Waals surface area contributed by atoms with Crippen LogP contribution < -0.4 is 9.47 Å². The van der Waals surface area contributed by atoms with Crippen molar-refractivity contribution in [1.29, 1.82) is 0 Å². The molecule has 0 heterocycles. The normalized spacial score (nSPS) is 10.2. The second-order valence-corrected chi connectivity index (χ2v) is 5.78. The van der Waals surface area contributed by atoms with Gasteiger partial charge in [0.2, 0.25) is 0 Å². The maximum atomic E-state index is 12.4. The molecule has 0 radical (unpaired) electrons. The molecule has 3 aromatic rings. The van der Waals surface area contributed by atoms with Gasteiger partial charge in [0, 0.05) is 5.56 Å². The van der Waals surface area contributed by atoms with E-state index in [0.29, 0.717) is 22.6 Å². The molecule has 0 bridgehead atoms. The summed E-state index contributed by atoms with van der Waals surface area (Å²) in [6.45, 7) is 1.53. The molecule has 0 atom stereocenters. The van der Waals surface area contributed by atoms with Crippen LogP contribution in [-0.2, 0) is 0 Å². The average molecular weight is 346 g/mol. The van der Waals surface area contributed by atoms with Crippen LogP contribution in [0.4, 0.5) is 0 Å². The molecule has 26 heavy (non-hydrogen) atoms. The van der Waals surface area contributed by atoms with E-state index in [1.165, 1.54) is 6.92 Å². The summed E-state index contributed by atoms with van der Waals surface area (Å²) in [4.78, 5) is 23.8. The number of rotatable bonds is 5. The van der Waals surface area contributed by atoms with Crippen LogP contribution in [0, 0.1) is 0 Å². The van der Waals surface area contributed by atoms with Crippen LogP contribution in [0.3, 0.4) is 0 Å². The number of carbonyl (C=O) groups is 2.